The number of aromatic nitrogens is 2. The van der Waals surface area contributed by atoms with Gasteiger partial charge < -0.3 is 4.74 Å². The zero-order valence-electron chi connectivity index (χ0n) is 18.8. The smallest absolute Gasteiger partial charge is 0.434 e. The lowest BCUT2D eigenvalue weighted by molar-refractivity contribution is -0.143. The Bertz CT molecular complexity index is 1400. The Balaban J connectivity index is 1.46. The van der Waals surface area contributed by atoms with Crippen LogP contribution in [0.1, 0.15) is 28.5 Å². The van der Waals surface area contributed by atoms with Gasteiger partial charge in [0.2, 0.25) is 0 Å². The van der Waals surface area contributed by atoms with Crippen molar-refractivity contribution < 1.29 is 27.5 Å². The average molecular weight is 482 g/mol. The highest BCUT2D eigenvalue weighted by Crippen LogP contribution is 2.34. The van der Waals surface area contributed by atoms with Crippen molar-refractivity contribution >= 4 is 22.6 Å². The molecule has 1 aromatic heterocycles. The molecule has 0 radical (unpaired) electrons. The van der Waals surface area contributed by atoms with E-state index in [9.17, 15) is 22.8 Å². The largest absolute Gasteiger partial charge is 0.481 e. The zero-order valence-corrected chi connectivity index (χ0v) is 18.8. The fraction of sp³-hybridized carbons (Fsp3) is 0.160. The predicted molar refractivity (Wildman–Crippen MR) is 123 cm³/mol. The van der Waals surface area contributed by atoms with Gasteiger partial charge in [0.05, 0.1) is 17.4 Å². The highest BCUT2D eigenvalue weighted by Gasteiger charge is 2.41. The van der Waals surface area contributed by atoms with Gasteiger partial charge in [0.15, 0.2) is 11.8 Å². The summed E-state index contributed by atoms with van der Waals surface area (Å²) in [5.41, 5.74) is 2.86. The molecule has 35 heavy (non-hydrogen) atoms. The number of ether oxygens (including phenoxy) is 1. The van der Waals surface area contributed by atoms with E-state index < -0.39 is 35.4 Å². The van der Waals surface area contributed by atoms with Gasteiger partial charge in [-0.1, -0.05) is 48.5 Å². The Morgan fingerprint density at radius 1 is 0.971 bits per heavy atom. The third kappa shape index (κ3) is 5.11. The number of carbonyl (C=O) groups is 2. The Morgan fingerprint density at radius 2 is 1.66 bits per heavy atom. The summed E-state index contributed by atoms with van der Waals surface area (Å²) >= 11 is 0. The number of nitrogens with one attached hydrogen (secondary N) is 2. The number of hydrazine groups is 1. The number of nitrogens with zero attached hydrogens (tertiary/aromatic N) is 2. The van der Waals surface area contributed by atoms with Crippen LogP contribution < -0.4 is 15.6 Å². The SMILES string of the molecule is Cc1ccccc1-n1ncc(C(=O)NNC(=O)C(C)Oc2ccc3ccccc3c2)c1C(F)(F)F. The molecule has 1 heterocycles. The number of para-hydroxylation sites is 1. The predicted octanol–water partition coefficient (Wildman–Crippen LogP) is 4.58. The topological polar surface area (TPSA) is 85.3 Å². The quantitative estimate of drug-likeness (QED) is 0.408. The van der Waals surface area contributed by atoms with Crippen molar-refractivity contribution in [2.45, 2.75) is 26.1 Å². The zero-order chi connectivity index (χ0) is 25.2. The number of hydrogen-bond acceptors (Lipinski definition) is 4. The Morgan fingerprint density at radius 3 is 2.37 bits per heavy atom. The molecular weight excluding hydrogens is 461 g/mol. The monoisotopic (exact) mass is 482 g/mol. The normalized spacial score (nSPS) is 12.3. The highest BCUT2D eigenvalue weighted by molar-refractivity contribution is 5.97. The minimum atomic E-state index is -4.87. The number of hydrogen-bond donors (Lipinski definition) is 2. The molecule has 0 aliphatic heterocycles. The molecule has 2 N–H and O–H groups in total. The minimum Gasteiger partial charge on any atom is -0.481 e. The van der Waals surface area contributed by atoms with Crippen LogP contribution in [-0.2, 0) is 11.0 Å². The number of alkyl halides is 3. The third-order valence-corrected chi connectivity index (χ3v) is 5.33. The first-order valence-electron chi connectivity index (χ1n) is 10.6. The van der Waals surface area contributed by atoms with E-state index >= 15 is 0 Å². The van der Waals surface area contributed by atoms with Gasteiger partial charge in [-0.25, -0.2) is 4.68 Å². The number of halogens is 3. The number of benzene rings is 3. The van der Waals surface area contributed by atoms with E-state index in [1.165, 1.54) is 13.0 Å². The summed E-state index contributed by atoms with van der Waals surface area (Å²) in [6.07, 6.45) is -5.10. The summed E-state index contributed by atoms with van der Waals surface area (Å²) in [7, 11) is 0. The fourth-order valence-electron chi connectivity index (χ4n) is 3.56. The van der Waals surface area contributed by atoms with Crippen LogP contribution in [0.2, 0.25) is 0 Å². The fourth-order valence-corrected chi connectivity index (χ4v) is 3.56. The van der Waals surface area contributed by atoms with E-state index in [2.05, 4.69) is 10.5 Å². The lowest BCUT2D eigenvalue weighted by atomic mass is 10.1. The Kier molecular flexibility index (Phi) is 6.46. The van der Waals surface area contributed by atoms with Crippen molar-refractivity contribution in [3.63, 3.8) is 0 Å². The highest BCUT2D eigenvalue weighted by atomic mass is 19.4. The van der Waals surface area contributed by atoms with Crippen molar-refractivity contribution in [2.24, 2.45) is 0 Å². The summed E-state index contributed by atoms with van der Waals surface area (Å²) in [5, 5.41) is 5.69. The second-order valence-corrected chi connectivity index (χ2v) is 7.82. The van der Waals surface area contributed by atoms with Crippen LogP contribution in [0.3, 0.4) is 0 Å². The molecule has 4 aromatic rings. The molecule has 0 aliphatic rings. The van der Waals surface area contributed by atoms with Gasteiger partial charge in [0.1, 0.15) is 5.75 Å². The van der Waals surface area contributed by atoms with Gasteiger partial charge in [-0.15, -0.1) is 0 Å². The molecule has 1 unspecified atom stereocenters. The Hall–Kier alpha value is -4.34. The molecule has 0 saturated carbocycles. The number of fused-ring (bicyclic) bond motifs is 1. The molecule has 10 heteroatoms. The first-order chi connectivity index (χ1) is 16.6. The van der Waals surface area contributed by atoms with E-state index in [0.717, 1.165) is 17.0 Å². The van der Waals surface area contributed by atoms with Gasteiger partial charge >= 0.3 is 6.18 Å². The molecule has 180 valence electrons. The molecule has 7 nitrogen and oxygen atoms in total. The maximum atomic E-state index is 13.9. The van der Waals surface area contributed by atoms with Crippen molar-refractivity contribution in [1.82, 2.24) is 20.6 Å². The molecular formula is C25H21F3N4O3. The summed E-state index contributed by atoms with van der Waals surface area (Å²) in [5.74, 6) is -1.48. The second kappa shape index (κ2) is 9.49. The lowest BCUT2D eigenvalue weighted by Crippen LogP contribution is -2.47. The van der Waals surface area contributed by atoms with Crippen LogP contribution in [0.25, 0.3) is 16.5 Å². The first-order valence-corrected chi connectivity index (χ1v) is 10.6. The summed E-state index contributed by atoms with van der Waals surface area (Å²) in [6, 6.07) is 19.2. The van der Waals surface area contributed by atoms with Gasteiger partial charge in [-0.05, 0) is 48.4 Å². The molecule has 1 atom stereocenters. The number of carbonyl (C=O) groups excluding carboxylic acids is 2. The van der Waals surface area contributed by atoms with Crippen LogP contribution >= 0.6 is 0 Å². The van der Waals surface area contributed by atoms with Crippen molar-refractivity contribution in [1.29, 1.82) is 0 Å². The summed E-state index contributed by atoms with van der Waals surface area (Å²) < 4.78 is 47.8. The Labute approximate surface area is 198 Å². The lowest BCUT2D eigenvalue weighted by Gasteiger charge is -2.16. The van der Waals surface area contributed by atoms with Gasteiger partial charge in [-0.2, -0.15) is 18.3 Å². The number of rotatable bonds is 5. The van der Waals surface area contributed by atoms with E-state index in [4.69, 9.17) is 4.74 Å². The minimum absolute atomic E-state index is 0.181. The van der Waals surface area contributed by atoms with Crippen LogP contribution in [0.4, 0.5) is 13.2 Å². The molecule has 0 fully saturated rings. The standard InChI is InChI=1S/C25H21F3N4O3/c1-15-7-3-6-10-21(15)32-22(25(26,27)28)20(14-29-32)24(34)31-30-23(33)16(2)35-19-12-11-17-8-4-5-9-18(17)13-19/h3-14,16H,1-2H3,(H,30,33)(H,31,34). The van der Waals surface area contributed by atoms with Crippen molar-refractivity contribution in [3.05, 3.63) is 89.7 Å². The number of aryl methyl sites for hydroxylation is 1. The molecule has 0 bridgehead atoms. The molecule has 3 aromatic carbocycles. The van der Waals surface area contributed by atoms with Crippen LogP contribution in [0, 0.1) is 6.92 Å². The molecule has 4 rings (SSSR count). The molecule has 0 spiro atoms. The van der Waals surface area contributed by atoms with Gasteiger partial charge in [0.25, 0.3) is 11.8 Å². The van der Waals surface area contributed by atoms with Crippen LogP contribution in [-0.4, -0.2) is 27.7 Å². The van der Waals surface area contributed by atoms with Gasteiger partial charge in [-0.3, -0.25) is 20.4 Å². The van der Waals surface area contributed by atoms with E-state index in [0.29, 0.717) is 16.0 Å². The van der Waals surface area contributed by atoms with E-state index in [1.807, 2.05) is 35.8 Å². The summed E-state index contributed by atoms with van der Waals surface area (Å²) in [6.45, 7) is 3.09. The van der Waals surface area contributed by atoms with E-state index in [1.54, 1.807) is 37.3 Å². The first kappa shape index (κ1) is 23.8. The van der Waals surface area contributed by atoms with E-state index in [-0.39, 0.29) is 5.69 Å². The van der Waals surface area contributed by atoms with Crippen molar-refractivity contribution in [3.8, 4) is 11.4 Å². The van der Waals surface area contributed by atoms with Crippen LogP contribution in [0.5, 0.6) is 5.75 Å². The molecule has 2 amide bonds. The third-order valence-electron chi connectivity index (χ3n) is 5.33. The maximum absolute atomic E-state index is 13.9. The second-order valence-electron chi connectivity index (χ2n) is 7.82. The summed E-state index contributed by atoms with van der Waals surface area (Å²) in [4.78, 5) is 25.0. The number of amides is 2. The van der Waals surface area contributed by atoms with Crippen LogP contribution in [0.15, 0.2) is 72.9 Å². The van der Waals surface area contributed by atoms with Gasteiger partial charge in [0, 0.05) is 0 Å². The van der Waals surface area contributed by atoms with Crippen molar-refractivity contribution in [2.75, 3.05) is 0 Å². The molecule has 0 saturated heterocycles. The maximum Gasteiger partial charge on any atom is 0.434 e. The average Bonchev–Trinajstić information content (AvgIpc) is 3.28. The molecule has 0 aliphatic carbocycles.